The Balaban J connectivity index is 1.50. The summed E-state index contributed by atoms with van der Waals surface area (Å²) in [4.78, 5) is 21.3. The lowest BCUT2D eigenvalue weighted by Crippen LogP contribution is -2.43. The third-order valence-electron chi connectivity index (χ3n) is 7.89. The molecular formula is C28H37N5O2. The Morgan fingerprint density at radius 2 is 2.03 bits per heavy atom. The highest BCUT2D eigenvalue weighted by Gasteiger charge is 2.33. The monoisotopic (exact) mass is 475 g/mol. The Hall–Kier alpha value is -2.93. The molecule has 35 heavy (non-hydrogen) atoms. The van der Waals surface area contributed by atoms with E-state index in [0.717, 1.165) is 72.4 Å². The van der Waals surface area contributed by atoms with Crippen molar-refractivity contribution in [2.45, 2.75) is 64.5 Å². The zero-order chi connectivity index (χ0) is 24.6. The third-order valence-corrected chi connectivity index (χ3v) is 7.89. The molecule has 2 aromatic rings. The zero-order valence-corrected chi connectivity index (χ0v) is 21.2. The molecule has 1 aromatic carbocycles. The van der Waals surface area contributed by atoms with Crippen LogP contribution in [0.25, 0.3) is 10.8 Å². The molecular weight excluding hydrogens is 438 g/mol. The lowest BCUT2D eigenvalue weighted by molar-refractivity contribution is -0.128. The molecule has 2 fully saturated rings. The van der Waals surface area contributed by atoms with Crippen LogP contribution in [0.5, 0.6) is 0 Å². The van der Waals surface area contributed by atoms with Gasteiger partial charge in [0.25, 0.3) is 0 Å². The number of carbonyl (C=O) groups excluding carboxylic acids is 1. The van der Waals surface area contributed by atoms with Gasteiger partial charge in [-0.25, -0.2) is 4.98 Å². The summed E-state index contributed by atoms with van der Waals surface area (Å²) in [7, 11) is 0. The number of hydrogen-bond acceptors (Lipinski definition) is 6. The van der Waals surface area contributed by atoms with Crippen LogP contribution in [-0.2, 0) is 9.53 Å². The summed E-state index contributed by atoms with van der Waals surface area (Å²) in [6.07, 6.45) is 6.96. The van der Waals surface area contributed by atoms with E-state index in [1.165, 1.54) is 12.8 Å². The van der Waals surface area contributed by atoms with E-state index in [4.69, 9.17) is 9.72 Å². The number of anilines is 1. The topological polar surface area (TPSA) is 81.6 Å². The number of aromatic nitrogens is 1. The van der Waals surface area contributed by atoms with Crippen molar-refractivity contribution >= 4 is 28.2 Å². The van der Waals surface area contributed by atoms with Crippen molar-refractivity contribution < 1.29 is 9.53 Å². The number of hydrogen-bond donors (Lipinski definition) is 2. The lowest BCUT2D eigenvalue weighted by atomic mass is 9.92. The number of benzene rings is 1. The van der Waals surface area contributed by atoms with E-state index in [-0.39, 0.29) is 11.4 Å². The minimum Gasteiger partial charge on any atom is -0.385 e. The normalized spacial score (nSPS) is 21.0. The number of amides is 1. The first kappa shape index (κ1) is 23.8. The first-order valence-electron chi connectivity index (χ1n) is 12.9. The van der Waals surface area contributed by atoms with Gasteiger partial charge < -0.3 is 19.9 Å². The zero-order valence-electron chi connectivity index (χ0n) is 21.2. The van der Waals surface area contributed by atoms with Crippen LogP contribution < -0.4 is 10.2 Å². The SMILES string of the molecule is CC(=O)N1CCC(NC2CCOCC2)=C(C(=N)c2cccc3cc(N4CCCC4(C)C)ncc23)C1. The Bertz CT molecular complexity index is 1170. The summed E-state index contributed by atoms with van der Waals surface area (Å²) in [5.41, 5.74) is 3.47. The second kappa shape index (κ2) is 9.61. The average Bonchev–Trinajstić information content (AvgIpc) is 3.22. The van der Waals surface area contributed by atoms with Crippen molar-refractivity contribution in [1.29, 1.82) is 5.41 Å². The molecule has 186 valence electrons. The minimum absolute atomic E-state index is 0.0536. The Morgan fingerprint density at radius 3 is 2.74 bits per heavy atom. The summed E-state index contributed by atoms with van der Waals surface area (Å²) in [6.45, 7) is 9.87. The molecule has 0 atom stereocenters. The van der Waals surface area contributed by atoms with Crippen LogP contribution in [0, 0.1) is 5.41 Å². The van der Waals surface area contributed by atoms with Gasteiger partial charge in [-0.2, -0.15) is 0 Å². The van der Waals surface area contributed by atoms with Gasteiger partial charge in [-0.15, -0.1) is 0 Å². The number of nitrogens with one attached hydrogen (secondary N) is 2. The maximum Gasteiger partial charge on any atom is 0.219 e. The molecule has 4 heterocycles. The van der Waals surface area contributed by atoms with Gasteiger partial charge in [0.15, 0.2) is 0 Å². The molecule has 0 aliphatic carbocycles. The van der Waals surface area contributed by atoms with Gasteiger partial charge in [-0.1, -0.05) is 18.2 Å². The number of ether oxygens (including phenoxy) is 1. The first-order chi connectivity index (χ1) is 16.8. The van der Waals surface area contributed by atoms with Crippen molar-refractivity contribution in [1.82, 2.24) is 15.2 Å². The van der Waals surface area contributed by atoms with Crippen molar-refractivity contribution in [3.05, 3.63) is 47.3 Å². The molecule has 0 spiro atoms. The van der Waals surface area contributed by atoms with Crippen LogP contribution in [0.3, 0.4) is 0 Å². The molecule has 2 N–H and O–H groups in total. The molecule has 0 saturated carbocycles. The molecule has 5 rings (SSSR count). The standard InChI is InChI=1S/C28H37N5O2/c1-19(34)32-13-8-25(31-21-9-14-35-15-10-21)24(18-32)27(29)22-7-4-6-20-16-26(30-17-23(20)22)33-12-5-11-28(33,2)3/h4,6-7,16-17,21,29,31H,5,8-15,18H2,1-3H3. The second-order valence-electron chi connectivity index (χ2n) is 10.7. The van der Waals surface area contributed by atoms with Crippen LogP contribution in [-0.4, -0.2) is 65.9 Å². The Morgan fingerprint density at radius 1 is 1.23 bits per heavy atom. The summed E-state index contributed by atoms with van der Waals surface area (Å²) in [5.74, 6) is 1.06. The molecule has 3 aliphatic heterocycles. The largest absolute Gasteiger partial charge is 0.385 e. The molecule has 7 heteroatoms. The van der Waals surface area contributed by atoms with Gasteiger partial charge in [0.05, 0.1) is 5.71 Å². The summed E-state index contributed by atoms with van der Waals surface area (Å²) >= 11 is 0. The third kappa shape index (κ3) is 4.79. The fourth-order valence-electron chi connectivity index (χ4n) is 5.73. The quantitative estimate of drug-likeness (QED) is 0.632. The fraction of sp³-hybridized carbons (Fsp3) is 0.536. The Labute approximate surface area is 208 Å². The van der Waals surface area contributed by atoms with E-state index < -0.39 is 0 Å². The number of fused-ring (bicyclic) bond motifs is 1. The van der Waals surface area contributed by atoms with Gasteiger partial charge in [0.2, 0.25) is 5.91 Å². The molecule has 0 unspecified atom stereocenters. The van der Waals surface area contributed by atoms with Crippen LogP contribution in [0.15, 0.2) is 41.7 Å². The highest BCUT2D eigenvalue weighted by molar-refractivity contribution is 6.18. The van der Waals surface area contributed by atoms with E-state index in [2.05, 4.69) is 36.2 Å². The van der Waals surface area contributed by atoms with E-state index in [1.54, 1.807) is 6.92 Å². The molecule has 2 saturated heterocycles. The lowest BCUT2D eigenvalue weighted by Gasteiger charge is -2.34. The maximum absolute atomic E-state index is 12.2. The summed E-state index contributed by atoms with van der Waals surface area (Å²) in [5, 5.41) is 15.1. The highest BCUT2D eigenvalue weighted by atomic mass is 16.5. The van der Waals surface area contributed by atoms with E-state index in [1.807, 2.05) is 23.2 Å². The molecule has 1 aromatic heterocycles. The van der Waals surface area contributed by atoms with E-state index >= 15 is 0 Å². The predicted molar refractivity (Wildman–Crippen MR) is 140 cm³/mol. The molecule has 0 bridgehead atoms. The van der Waals surface area contributed by atoms with Gasteiger partial charge in [0, 0.05) is 86.2 Å². The van der Waals surface area contributed by atoms with Crippen LogP contribution in [0.1, 0.15) is 58.4 Å². The van der Waals surface area contributed by atoms with Crippen LogP contribution in [0.2, 0.25) is 0 Å². The molecule has 7 nitrogen and oxygen atoms in total. The Kier molecular flexibility index (Phi) is 6.53. The highest BCUT2D eigenvalue weighted by Crippen LogP contribution is 2.34. The van der Waals surface area contributed by atoms with Crippen molar-refractivity contribution in [3.8, 4) is 0 Å². The molecule has 3 aliphatic rings. The maximum atomic E-state index is 12.2. The van der Waals surface area contributed by atoms with Crippen molar-refractivity contribution in [2.24, 2.45) is 0 Å². The molecule has 0 radical (unpaired) electrons. The predicted octanol–water partition coefficient (Wildman–Crippen LogP) is 4.26. The van der Waals surface area contributed by atoms with Crippen molar-refractivity contribution in [2.75, 3.05) is 37.7 Å². The van der Waals surface area contributed by atoms with Gasteiger partial charge in [0.1, 0.15) is 5.82 Å². The number of carbonyl (C=O) groups is 1. The molecule has 1 amide bonds. The van der Waals surface area contributed by atoms with Gasteiger partial charge >= 0.3 is 0 Å². The van der Waals surface area contributed by atoms with E-state index in [0.29, 0.717) is 24.8 Å². The minimum atomic E-state index is 0.0536. The number of nitrogens with zero attached hydrogens (tertiary/aromatic N) is 3. The summed E-state index contributed by atoms with van der Waals surface area (Å²) < 4.78 is 5.53. The average molecular weight is 476 g/mol. The number of pyridine rings is 1. The van der Waals surface area contributed by atoms with Gasteiger partial charge in [-0.3, -0.25) is 10.2 Å². The van der Waals surface area contributed by atoms with Crippen LogP contribution in [0.4, 0.5) is 5.82 Å². The van der Waals surface area contributed by atoms with Crippen LogP contribution >= 0.6 is 0 Å². The first-order valence-corrected chi connectivity index (χ1v) is 12.9. The summed E-state index contributed by atoms with van der Waals surface area (Å²) in [6, 6.07) is 8.67. The van der Waals surface area contributed by atoms with Gasteiger partial charge in [-0.05, 0) is 51.0 Å². The smallest absolute Gasteiger partial charge is 0.219 e. The van der Waals surface area contributed by atoms with E-state index in [9.17, 15) is 10.2 Å². The van der Waals surface area contributed by atoms with Crippen molar-refractivity contribution in [3.63, 3.8) is 0 Å². The second-order valence-corrected chi connectivity index (χ2v) is 10.7. The number of rotatable bonds is 5. The fourth-order valence-corrected chi connectivity index (χ4v) is 5.73.